The molecule has 2 aromatic rings. The van der Waals surface area contributed by atoms with Gasteiger partial charge in [-0.3, -0.25) is 4.79 Å². The van der Waals surface area contributed by atoms with Gasteiger partial charge in [-0.1, -0.05) is 46.3 Å². The summed E-state index contributed by atoms with van der Waals surface area (Å²) in [5.41, 5.74) is 6.57. The molecule has 0 saturated carbocycles. The standard InChI is InChI=1S/C21H24BrN2O3/c1-21(20(23)26)12-18(17-11-15(22)8-10-19(17)27-21)24-13-16(25)9-7-14-5-3-2-4-6-14/h2-6,8-11,16,18,24-25H,7,12-13H2,1H3,(H2,23,26)/t16-,18?,21?/m1/s1. The fourth-order valence-electron chi connectivity index (χ4n) is 3.23. The molecule has 0 bridgehead atoms. The Balaban J connectivity index is 1.66. The van der Waals surface area contributed by atoms with Crippen molar-refractivity contribution in [3.8, 4) is 5.75 Å². The average molecular weight is 432 g/mol. The Hall–Kier alpha value is -1.89. The highest BCUT2D eigenvalue weighted by Gasteiger charge is 2.42. The zero-order valence-corrected chi connectivity index (χ0v) is 16.8. The summed E-state index contributed by atoms with van der Waals surface area (Å²) in [6.45, 7) is 2.07. The molecule has 0 aromatic heterocycles. The van der Waals surface area contributed by atoms with Crippen LogP contribution in [0.15, 0.2) is 53.0 Å². The van der Waals surface area contributed by atoms with E-state index in [4.69, 9.17) is 10.5 Å². The number of nitrogens with two attached hydrogens (primary N) is 1. The highest BCUT2D eigenvalue weighted by molar-refractivity contribution is 9.10. The van der Waals surface area contributed by atoms with E-state index >= 15 is 0 Å². The van der Waals surface area contributed by atoms with E-state index in [1.54, 1.807) is 6.92 Å². The van der Waals surface area contributed by atoms with Crippen molar-refractivity contribution in [2.24, 2.45) is 5.73 Å². The molecule has 5 nitrogen and oxygen atoms in total. The maximum atomic E-state index is 11.9. The monoisotopic (exact) mass is 431 g/mol. The van der Waals surface area contributed by atoms with Crippen LogP contribution in [-0.2, 0) is 11.2 Å². The van der Waals surface area contributed by atoms with Crippen LogP contribution in [0.25, 0.3) is 0 Å². The van der Waals surface area contributed by atoms with Crippen molar-refractivity contribution < 1.29 is 14.6 Å². The van der Waals surface area contributed by atoms with Gasteiger partial charge in [-0.2, -0.15) is 0 Å². The van der Waals surface area contributed by atoms with Gasteiger partial charge in [0.25, 0.3) is 5.91 Å². The average Bonchev–Trinajstić information content (AvgIpc) is 2.65. The molecule has 1 aliphatic rings. The number of benzene rings is 2. The predicted octanol–water partition coefficient (Wildman–Crippen LogP) is 2.91. The number of fused-ring (bicyclic) bond motifs is 1. The van der Waals surface area contributed by atoms with Gasteiger partial charge in [0.2, 0.25) is 0 Å². The summed E-state index contributed by atoms with van der Waals surface area (Å²) in [4.78, 5) is 11.9. The Bertz CT molecular complexity index is 799. The summed E-state index contributed by atoms with van der Waals surface area (Å²) >= 11 is 3.48. The number of carbonyl (C=O) groups excluding carboxylic acids is 1. The second-order valence-electron chi connectivity index (χ2n) is 7.04. The van der Waals surface area contributed by atoms with Crippen LogP contribution in [-0.4, -0.2) is 29.3 Å². The minimum absolute atomic E-state index is 0.150. The smallest absolute Gasteiger partial charge is 0.261 e. The molecule has 27 heavy (non-hydrogen) atoms. The maximum Gasteiger partial charge on any atom is 0.261 e. The number of halogens is 1. The summed E-state index contributed by atoms with van der Waals surface area (Å²) < 4.78 is 6.80. The molecule has 3 rings (SSSR count). The first-order valence-electron chi connectivity index (χ1n) is 8.94. The maximum absolute atomic E-state index is 11.9. The first-order chi connectivity index (χ1) is 12.9. The highest BCUT2D eigenvalue weighted by atomic mass is 79.9. The number of primary amides is 1. The summed E-state index contributed by atoms with van der Waals surface area (Å²) in [5.74, 6) is 0.130. The lowest BCUT2D eigenvalue weighted by atomic mass is 9.87. The molecule has 0 fully saturated rings. The molecule has 2 unspecified atom stereocenters. The molecule has 143 valence electrons. The third-order valence-corrected chi connectivity index (χ3v) is 5.33. The van der Waals surface area contributed by atoms with Crippen molar-refractivity contribution >= 4 is 21.8 Å². The number of carbonyl (C=O) groups is 1. The molecule has 2 aromatic carbocycles. The van der Waals surface area contributed by atoms with Gasteiger partial charge in [0, 0.05) is 29.0 Å². The number of rotatable bonds is 7. The quantitative estimate of drug-likeness (QED) is 0.628. The van der Waals surface area contributed by atoms with Crippen molar-refractivity contribution in [3.05, 3.63) is 70.6 Å². The lowest BCUT2D eigenvalue weighted by molar-refractivity contribution is -0.134. The van der Waals surface area contributed by atoms with Gasteiger partial charge in [-0.25, -0.2) is 0 Å². The molecule has 0 spiro atoms. The molecular weight excluding hydrogens is 408 g/mol. The van der Waals surface area contributed by atoms with E-state index < -0.39 is 17.6 Å². The first-order valence-corrected chi connectivity index (χ1v) is 9.74. The molecule has 4 N–H and O–H groups in total. The molecule has 0 aliphatic carbocycles. The lowest BCUT2D eigenvalue weighted by Crippen LogP contribution is -2.51. The minimum atomic E-state index is -1.09. The number of aliphatic hydroxyl groups is 1. The second kappa shape index (κ2) is 8.42. The topological polar surface area (TPSA) is 84.6 Å². The van der Waals surface area contributed by atoms with Crippen molar-refractivity contribution in [1.82, 2.24) is 5.32 Å². The number of hydrogen-bond acceptors (Lipinski definition) is 4. The molecule has 3 atom stereocenters. The predicted molar refractivity (Wildman–Crippen MR) is 108 cm³/mol. The van der Waals surface area contributed by atoms with Gasteiger partial charge in [-0.05, 0) is 43.5 Å². The van der Waals surface area contributed by atoms with E-state index in [0.29, 0.717) is 25.1 Å². The van der Waals surface area contributed by atoms with Crippen LogP contribution in [0.2, 0.25) is 0 Å². The molecule has 0 saturated heterocycles. The van der Waals surface area contributed by atoms with E-state index in [2.05, 4.69) is 21.2 Å². The number of ether oxygens (including phenoxy) is 1. The summed E-state index contributed by atoms with van der Waals surface area (Å²) in [6, 6.07) is 15.5. The van der Waals surface area contributed by atoms with Crippen LogP contribution in [0.5, 0.6) is 5.75 Å². The van der Waals surface area contributed by atoms with Crippen molar-refractivity contribution in [3.63, 3.8) is 0 Å². The Labute approximate surface area is 168 Å². The van der Waals surface area contributed by atoms with Crippen LogP contribution in [0.1, 0.15) is 30.5 Å². The van der Waals surface area contributed by atoms with Crippen molar-refractivity contribution in [1.29, 1.82) is 0 Å². The number of aliphatic hydroxyl groups excluding tert-OH is 1. The van der Waals surface area contributed by atoms with Crippen molar-refractivity contribution in [2.45, 2.75) is 37.5 Å². The highest BCUT2D eigenvalue weighted by Crippen LogP contribution is 2.40. The second-order valence-corrected chi connectivity index (χ2v) is 7.95. The number of nitrogens with one attached hydrogen (secondary N) is 1. The van der Waals surface area contributed by atoms with Crippen LogP contribution in [0.3, 0.4) is 0 Å². The van der Waals surface area contributed by atoms with Crippen LogP contribution < -0.4 is 15.8 Å². The third-order valence-electron chi connectivity index (χ3n) is 4.84. The van der Waals surface area contributed by atoms with Crippen LogP contribution >= 0.6 is 15.9 Å². The zero-order valence-electron chi connectivity index (χ0n) is 15.2. The van der Waals surface area contributed by atoms with Gasteiger partial charge in [-0.15, -0.1) is 0 Å². The number of amides is 1. The Morgan fingerprint density at radius 3 is 2.85 bits per heavy atom. The molecule has 1 amide bonds. The Kier molecular flexibility index (Phi) is 6.19. The van der Waals surface area contributed by atoms with E-state index in [-0.39, 0.29) is 6.04 Å². The van der Waals surface area contributed by atoms with Crippen LogP contribution in [0, 0.1) is 6.42 Å². The molecular formula is C21H24BrN2O3. The Morgan fingerprint density at radius 1 is 1.41 bits per heavy atom. The Morgan fingerprint density at radius 2 is 2.15 bits per heavy atom. The van der Waals surface area contributed by atoms with Gasteiger partial charge in [0.1, 0.15) is 5.75 Å². The number of hydrogen-bond donors (Lipinski definition) is 3. The molecule has 1 heterocycles. The van der Waals surface area contributed by atoms with Gasteiger partial charge in [0.15, 0.2) is 5.60 Å². The van der Waals surface area contributed by atoms with E-state index in [1.165, 1.54) is 0 Å². The summed E-state index contributed by atoms with van der Waals surface area (Å²) in [5, 5.41) is 13.7. The van der Waals surface area contributed by atoms with E-state index in [0.717, 1.165) is 15.6 Å². The summed E-state index contributed by atoms with van der Waals surface area (Å²) in [7, 11) is 0. The fraction of sp³-hybridized carbons (Fsp3) is 0.333. The fourth-order valence-corrected chi connectivity index (χ4v) is 3.61. The molecule has 1 radical (unpaired) electrons. The van der Waals surface area contributed by atoms with Gasteiger partial charge in [0.05, 0.1) is 6.10 Å². The molecule has 1 aliphatic heterocycles. The zero-order chi connectivity index (χ0) is 19.4. The largest absolute Gasteiger partial charge is 0.477 e. The minimum Gasteiger partial charge on any atom is -0.477 e. The third kappa shape index (κ3) is 4.89. The normalized spacial score (nSPS) is 22.6. The first kappa shape index (κ1) is 19.9. The van der Waals surface area contributed by atoms with Crippen molar-refractivity contribution in [2.75, 3.05) is 6.54 Å². The summed E-state index contributed by atoms with van der Waals surface area (Å²) in [6.07, 6.45) is 2.36. The lowest BCUT2D eigenvalue weighted by Gasteiger charge is -2.38. The van der Waals surface area contributed by atoms with Gasteiger partial charge < -0.3 is 20.9 Å². The van der Waals surface area contributed by atoms with E-state index in [1.807, 2.05) is 55.0 Å². The van der Waals surface area contributed by atoms with Gasteiger partial charge >= 0.3 is 0 Å². The van der Waals surface area contributed by atoms with E-state index in [9.17, 15) is 9.90 Å². The van der Waals surface area contributed by atoms with Crippen LogP contribution in [0.4, 0.5) is 0 Å². The molecule has 6 heteroatoms. The SMILES string of the molecule is CC1(C(N)=O)CC(NC[C@H](O)[CH]Cc2ccccc2)c2cc(Br)ccc2O1.